The van der Waals surface area contributed by atoms with Crippen LogP contribution in [0.4, 0.5) is 5.69 Å². The van der Waals surface area contributed by atoms with E-state index in [1.54, 1.807) is 30.3 Å². The van der Waals surface area contributed by atoms with Gasteiger partial charge in [0.1, 0.15) is 5.84 Å². The summed E-state index contributed by atoms with van der Waals surface area (Å²) in [5.74, 6) is 0.0316. The highest BCUT2D eigenvalue weighted by Crippen LogP contribution is 2.12. The van der Waals surface area contributed by atoms with Gasteiger partial charge < -0.3 is 5.73 Å². The second kappa shape index (κ2) is 7.60. The molecule has 0 radical (unpaired) electrons. The highest BCUT2D eigenvalue weighted by atomic mass is 15.4. The molecule has 0 unspecified atom stereocenters. The van der Waals surface area contributed by atoms with Crippen molar-refractivity contribution < 1.29 is 0 Å². The van der Waals surface area contributed by atoms with E-state index < -0.39 is 0 Å². The first kappa shape index (κ1) is 14.4. The van der Waals surface area contributed by atoms with Crippen LogP contribution in [-0.2, 0) is 0 Å². The molecule has 0 aliphatic heterocycles. The van der Waals surface area contributed by atoms with Crippen LogP contribution in [0.25, 0.3) is 0 Å². The van der Waals surface area contributed by atoms with E-state index in [1.807, 2.05) is 25.2 Å². The molecule has 5 heteroatoms. The lowest BCUT2D eigenvalue weighted by Gasteiger charge is -1.98. The fourth-order valence-corrected chi connectivity index (χ4v) is 1.17. The molecule has 0 amide bonds. The largest absolute Gasteiger partial charge is 0.384 e. The van der Waals surface area contributed by atoms with Crippen LogP contribution in [0.2, 0.25) is 0 Å². The van der Waals surface area contributed by atoms with Crippen LogP contribution in [0.1, 0.15) is 12.5 Å². The highest BCUT2D eigenvalue weighted by molar-refractivity contribution is 5.95. The van der Waals surface area contributed by atoms with E-state index in [9.17, 15) is 0 Å². The van der Waals surface area contributed by atoms with Crippen molar-refractivity contribution in [1.82, 2.24) is 5.43 Å². The van der Waals surface area contributed by atoms with Crippen LogP contribution in [0, 0.1) is 5.41 Å². The summed E-state index contributed by atoms with van der Waals surface area (Å²) in [6, 6.07) is 6.91. The van der Waals surface area contributed by atoms with Gasteiger partial charge in [-0.15, -0.1) is 5.11 Å². The van der Waals surface area contributed by atoms with Crippen LogP contribution in [0.3, 0.4) is 0 Å². The zero-order valence-corrected chi connectivity index (χ0v) is 10.8. The van der Waals surface area contributed by atoms with Crippen LogP contribution in [0.5, 0.6) is 0 Å². The Morgan fingerprint density at radius 1 is 1.32 bits per heavy atom. The highest BCUT2D eigenvalue weighted by Gasteiger charge is 1.95. The molecule has 98 valence electrons. The summed E-state index contributed by atoms with van der Waals surface area (Å²) in [5.41, 5.74) is 10.0. The predicted octanol–water partition coefficient (Wildman–Crippen LogP) is 3.20. The third-order valence-corrected chi connectivity index (χ3v) is 2.14. The minimum absolute atomic E-state index is 0.0316. The monoisotopic (exact) mass is 255 g/mol. The lowest BCUT2D eigenvalue weighted by molar-refractivity contribution is 0.841. The van der Waals surface area contributed by atoms with E-state index in [-0.39, 0.29) is 5.84 Å². The van der Waals surface area contributed by atoms with Gasteiger partial charge in [0, 0.05) is 5.56 Å². The Morgan fingerprint density at radius 2 is 2.00 bits per heavy atom. The van der Waals surface area contributed by atoms with Crippen molar-refractivity contribution in [2.75, 3.05) is 0 Å². The zero-order chi connectivity index (χ0) is 14.1. The van der Waals surface area contributed by atoms with Crippen LogP contribution < -0.4 is 11.2 Å². The van der Waals surface area contributed by atoms with E-state index >= 15 is 0 Å². The van der Waals surface area contributed by atoms with Gasteiger partial charge in [-0.05, 0) is 37.3 Å². The summed E-state index contributed by atoms with van der Waals surface area (Å²) in [5, 5.41) is 15.0. The average molecular weight is 255 g/mol. The normalized spacial score (nSPS) is 11.4. The van der Waals surface area contributed by atoms with Gasteiger partial charge in [-0.3, -0.25) is 10.8 Å². The first-order chi connectivity index (χ1) is 9.13. The summed E-state index contributed by atoms with van der Waals surface area (Å²) in [7, 11) is 0. The van der Waals surface area contributed by atoms with Crippen molar-refractivity contribution in [3.05, 3.63) is 66.4 Å². The Hall–Kier alpha value is -2.69. The SMILES string of the molecule is C=C(/C=C\C=C/C)NN=Nc1ccc(C(=N)N)cc1. The molecule has 1 aromatic carbocycles. The van der Waals surface area contributed by atoms with Gasteiger partial charge in [0.05, 0.1) is 11.4 Å². The lowest BCUT2D eigenvalue weighted by atomic mass is 10.2. The molecule has 0 saturated heterocycles. The topological polar surface area (TPSA) is 86.6 Å². The van der Waals surface area contributed by atoms with Gasteiger partial charge in [-0.1, -0.05) is 30.0 Å². The number of allylic oxidation sites excluding steroid dienone is 4. The summed E-state index contributed by atoms with van der Waals surface area (Å²) in [6.07, 6.45) is 7.46. The Labute approximate surface area is 112 Å². The lowest BCUT2D eigenvalue weighted by Crippen LogP contribution is -2.10. The molecule has 0 spiro atoms. The molecule has 0 fully saturated rings. The number of nitrogens with two attached hydrogens (primary N) is 1. The molecule has 1 rings (SSSR count). The first-order valence-corrected chi connectivity index (χ1v) is 5.73. The Morgan fingerprint density at radius 3 is 2.58 bits per heavy atom. The molecule has 0 saturated carbocycles. The predicted molar refractivity (Wildman–Crippen MR) is 78.2 cm³/mol. The second-order valence-electron chi connectivity index (χ2n) is 3.68. The third-order valence-electron chi connectivity index (χ3n) is 2.14. The van der Waals surface area contributed by atoms with Crippen molar-refractivity contribution in [3.63, 3.8) is 0 Å². The van der Waals surface area contributed by atoms with Gasteiger partial charge in [0.2, 0.25) is 0 Å². The molecule has 5 nitrogen and oxygen atoms in total. The minimum Gasteiger partial charge on any atom is -0.384 e. The Balaban J connectivity index is 2.53. The standard InChI is InChI=1S/C14H17N5/c1-3-4-5-6-11(2)17-19-18-13-9-7-12(8-10-13)14(15)16/h3-10H,2H2,1H3,(H3,15,16)(H,17,18)/b4-3-,6-5-. The number of nitrogens with one attached hydrogen (secondary N) is 2. The average Bonchev–Trinajstić information content (AvgIpc) is 2.39. The van der Waals surface area contributed by atoms with Crippen LogP contribution in [0.15, 0.2) is 71.2 Å². The molecule has 0 atom stereocenters. The smallest absolute Gasteiger partial charge is 0.122 e. The van der Waals surface area contributed by atoms with Gasteiger partial charge in [-0.25, -0.2) is 0 Å². The number of hydrogen-bond acceptors (Lipinski definition) is 3. The van der Waals surface area contributed by atoms with E-state index in [0.29, 0.717) is 16.9 Å². The van der Waals surface area contributed by atoms with Crippen molar-refractivity contribution >= 4 is 11.5 Å². The minimum atomic E-state index is 0.0316. The number of hydrogen-bond donors (Lipinski definition) is 3. The summed E-state index contributed by atoms with van der Waals surface area (Å²) in [6.45, 7) is 5.70. The van der Waals surface area contributed by atoms with E-state index in [2.05, 4.69) is 22.3 Å². The first-order valence-electron chi connectivity index (χ1n) is 5.73. The summed E-state index contributed by atoms with van der Waals surface area (Å²) in [4.78, 5) is 0. The number of nitrogen functional groups attached to an aromatic ring is 1. The van der Waals surface area contributed by atoms with E-state index in [4.69, 9.17) is 11.1 Å². The van der Waals surface area contributed by atoms with Gasteiger partial charge >= 0.3 is 0 Å². The van der Waals surface area contributed by atoms with Crippen molar-refractivity contribution in [2.24, 2.45) is 16.1 Å². The zero-order valence-electron chi connectivity index (χ0n) is 10.8. The third kappa shape index (κ3) is 5.45. The van der Waals surface area contributed by atoms with Crippen LogP contribution >= 0.6 is 0 Å². The number of nitrogens with zero attached hydrogens (tertiary/aromatic N) is 2. The molecular formula is C14H17N5. The maximum atomic E-state index is 7.27. The van der Waals surface area contributed by atoms with Crippen LogP contribution in [-0.4, -0.2) is 5.84 Å². The molecular weight excluding hydrogens is 238 g/mol. The molecule has 1 aromatic rings. The van der Waals surface area contributed by atoms with Gasteiger partial charge in [0.25, 0.3) is 0 Å². The fraction of sp³-hybridized carbons (Fsp3) is 0.0714. The molecule has 0 aliphatic rings. The van der Waals surface area contributed by atoms with Gasteiger partial charge in [-0.2, -0.15) is 0 Å². The molecule has 0 heterocycles. The van der Waals surface area contributed by atoms with E-state index in [0.717, 1.165) is 0 Å². The maximum Gasteiger partial charge on any atom is 0.122 e. The van der Waals surface area contributed by atoms with Gasteiger partial charge in [0.15, 0.2) is 0 Å². The summed E-state index contributed by atoms with van der Waals surface area (Å²) < 4.78 is 0. The molecule has 0 bridgehead atoms. The Kier molecular flexibility index (Phi) is 5.75. The molecule has 4 N–H and O–H groups in total. The quantitative estimate of drug-likeness (QED) is 0.240. The maximum absolute atomic E-state index is 7.27. The van der Waals surface area contributed by atoms with Crippen molar-refractivity contribution in [3.8, 4) is 0 Å². The molecule has 19 heavy (non-hydrogen) atoms. The summed E-state index contributed by atoms with van der Waals surface area (Å²) >= 11 is 0. The molecule has 0 aliphatic carbocycles. The van der Waals surface area contributed by atoms with Crippen molar-refractivity contribution in [1.29, 1.82) is 5.41 Å². The van der Waals surface area contributed by atoms with Crippen molar-refractivity contribution in [2.45, 2.75) is 6.92 Å². The molecule has 0 aromatic heterocycles. The number of rotatable bonds is 6. The Bertz CT molecular complexity index is 523. The van der Waals surface area contributed by atoms with E-state index in [1.165, 1.54) is 0 Å². The fourth-order valence-electron chi connectivity index (χ4n) is 1.17. The number of amidine groups is 1. The second-order valence-corrected chi connectivity index (χ2v) is 3.68. The number of benzene rings is 1.